The van der Waals surface area contributed by atoms with Gasteiger partial charge in [0.15, 0.2) is 17.1 Å². The van der Waals surface area contributed by atoms with Gasteiger partial charge in [-0.15, -0.1) is 0 Å². The first-order chi connectivity index (χ1) is 19.2. The molecule has 0 spiro atoms. The summed E-state index contributed by atoms with van der Waals surface area (Å²) in [6, 6.07) is 7.46. The maximum absolute atomic E-state index is 13.7. The maximum Gasteiger partial charge on any atom is 0.417 e. The molecule has 0 radical (unpaired) electrons. The lowest BCUT2D eigenvalue weighted by molar-refractivity contribution is -0.147. The molecule has 214 valence electrons. The van der Waals surface area contributed by atoms with Crippen molar-refractivity contribution in [1.29, 1.82) is 0 Å². The highest BCUT2D eigenvalue weighted by molar-refractivity contribution is 6.30. The molecule has 13 heteroatoms. The number of carbonyl (C=O) groups is 4. The zero-order valence-electron chi connectivity index (χ0n) is 21.9. The number of aliphatic hydroxyl groups excluding tert-OH is 2. The minimum atomic E-state index is -2.67. The maximum atomic E-state index is 13.7. The van der Waals surface area contributed by atoms with E-state index >= 15 is 0 Å². The number of anilines is 2. The average molecular weight is 584 g/mol. The van der Waals surface area contributed by atoms with Gasteiger partial charge in [-0.3, -0.25) is 19.7 Å². The molecule has 3 unspecified atom stereocenters. The number of Topliss-reactive ketones (excluding diaryl/α,β-unsaturated/α-hetero) is 2. The van der Waals surface area contributed by atoms with E-state index in [0.29, 0.717) is 16.3 Å². The number of carbonyl (C=O) groups excluding carboxylic acids is 4. The Morgan fingerprint density at radius 2 is 1.78 bits per heavy atom. The molecule has 0 aromatic heterocycles. The van der Waals surface area contributed by atoms with Crippen LogP contribution in [0.1, 0.15) is 24.0 Å². The minimum Gasteiger partial charge on any atom is -0.508 e. The number of fused-ring (bicyclic) bond motifs is 3. The van der Waals surface area contributed by atoms with Crippen LogP contribution in [0.2, 0.25) is 5.02 Å². The highest BCUT2D eigenvalue weighted by Gasteiger charge is 2.60. The molecule has 1 saturated carbocycles. The molecule has 1 fully saturated rings. The molecule has 7 N–H and O–H groups in total. The quantitative estimate of drug-likeness (QED) is 0.230. The van der Waals surface area contributed by atoms with Crippen LogP contribution in [0.25, 0.3) is 5.76 Å². The monoisotopic (exact) mass is 583 g/mol. The molecule has 0 heterocycles. The van der Waals surface area contributed by atoms with Gasteiger partial charge >= 0.3 is 6.09 Å². The van der Waals surface area contributed by atoms with Crippen molar-refractivity contribution in [3.05, 3.63) is 63.4 Å². The summed E-state index contributed by atoms with van der Waals surface area (Å²) in [6.45, 7) is 0. The average Bonchev–Trinajstić information content (AvgIpc) is 2.88. The first kappa shape index (κ1) is 28.0. The first-order valence-electron chi connectivity index (χ1n) is 12.5. The summed E-state index contributed by atoms with van der Waals surface area (Å²) in [5.41, 5.74) is 2.04. The second kappa shape index (κ2) is 9.82. The van der Waals surface area contributed by atoms with E-state index in [2.05, 4.69) is 5.32 Å². The van der Waals surface area contributed by atoms with E-state index in [0.717, 1.165) is 0 Å². The van der Waals surface area contributed by atoms with Gasteiger partial charge in [0.2, 0.25) is 5.78 Å². The number of hydrogen-bond acceptors (Lipinski definition) is 10. The van der Waals surface area contributed by atoms with Gasteiger partial charge in [-0.1, -0.05) is 11.6 Å². The fraction of sp³-hybridized carbons (Fsp3) is 0.286. The number of hydrogen-bond donors (Lipinski definition) is 6. The summed E-state index contributed by atoms with van der Waals surface area (Å²) in [5, 5.41) is 47.6. The van der Waals surface area contributed by atoms with E-state index < -0.39 is 70.3 Å². The normalized spacial score (nSPS) is 23.4. The molecule has 5 rings (SSSR count). The largest absolute Gasteiger partial charge is 0.508 e. The van der Waals surface area contributed by atoms with E-state index in [9.17, 15) is 39.6 Å². The van der Waals surface area contributed by atoms with Crippen molar-refractivity contribution >= 4 is 52.3 Å². The van der Waals surface area contributed by atoms with Gasteiger partial charge in [-0.25, -0.2) is 4.79 Å². The minimum absolute atomic E-state index is 0.00393. The molecular weight excluding hydrogens is 558 g/mol. The van der Waals surface area contributed by atoms with Gasteiger partial charge in [0.05, 0.1) is 11.3 Å². The third-order valence-corrected chi connectivity index (χ3v) is 8.03. The first-order valence-corrected chi connectivity index (χ1v) is 12.9. The van der Waals surface area contributed by atoms with E-state index in [-0.39, 0.29) is 35.4 Å². The van der Waals surface area contributed by atoms with Crippen LogP contribution >= 0.6 is 11.6 Å². The number of phenolic OH excluding ortho intramolecular Hbond substituents is 1. The molecule has 3 atom stereocenters. The molecule has 41 heavy (non-hydrogen) atoms. The predicted molar refractivity (Wildman–Crippen MR) is 147 cm³/mol. The van der Waals surface area contributed by atoms with E-state index in [1.807, 2.05) is 0 Å². The van der Waals surface area contributed by atoms with Gasteiger partial charge in [0.25, 0.3) is 5.91 Å². The zero-order valence-corrected chi connectivity index (χ0v) is 22.7. The van der Waals surface area contributed by atoms with Crippen molar-refractivity contribution in [3.8, 4) is 11.5 Å². The molecule has 2 amide bonds. The third kappa shape index (κ3) is 4.35. The molecule has 0 bridgehead atoms. The summed E-state index contributed by atoms with van der Waals surface area (Å²) >= 11 is 5.85. The number of ketones is 2. The van der Waals surface area contributed by atoms with Gasteiger partial charge in [-0.2, -0.15) is 0 Å². The molecule has 3 aliphatic carbocycles. The van der Waals surface area contributed by atoms with Crippen molar-refractivity contribution in [2.75, 3.05) is 24.3 Å². The molecule has 12 nitrogen and oxygen atoms in total. The molecule has 0 aliphatic heterocycles. The fourth-order valence-corrected chi connectivity index (χ4v) is 6.03. The van der Waals surface area contributed by atoms with E-state index in [1.165, 1.54) is 30.3 Å². The third-order valence-electron chi connectivity index (χ3n) is 7.78. The van der Waals surface area contributed by atoms with Crippen molar-refractivity contribution in [2.45, 2.75) is 24.9 Å². The Hall–Kier alpha value is -4.55. The summed E-state index contributed by atoms with van der Waals surface area (Å²) in [6.07, 6.45) is -1.25. The Labute approximate surface area is 238 Å². The Kier molecular flexibility index (Phi) is 6.71. The highest BCUT2D eigenvalue weighted by Crippen LogP contribution is 2.54. The van der Waals surface area contributed by atoms with Crippen molar-refractivity contribution in [2.24, 2.45) is 17.6 Å². The number of nitrogens with one attached hydrogen (secondary N) is 1. The highest BCUT2D eigenvalue weighted by atomic mass is 35.5. The van der Waals surface area contributed by atoms with Crippen LogP contribution in [0.3, 0.4) is 0 Å². The van der Waals surface area contributed by atoms with Crippen LogP contribution in [0, 0.1) is 11.8 Å². The number of nitrogens with zero attached hydrogens (tertiary/aromatic N) is 1. The lowest BCUT2D eigenvalue weighted by Crippen LogP contribution is -2.58. The molecule has 2 aromatic rings. The lowest BCUT2D eigenvalue weighted by atomic mass is 9.59. The van der Waals surface area contributed by atoms with Crippen LogP contribution in [0.15, 0.2) is 47.2 Å². The number of phenols is 1. The fourth-order valence-electron chi connectivity index (χ4n) is 5.91. The SMILES string of the molecule is CN(C)c1cc(NC(=O)Oc2ccc(Cl)cc2)c(O)c2c1CC1CC3CC(=O)C(C(N)=O)=C(O)C3(O)C(=O)C1=C2O. The summed E-state index contributed by atoms with van der Waals surface area (Å²) in [5.74, 6) is -7.19. The number of aromatic hydroxyl groups is 1. The smallest absolute Gasteiger partial charge is 0.417 e. The molecule has 2 aromatic carbocycles. The Bertz CT molecular complexity index is 1600. The molecule has 3 aliphatic rings. The number of benzene rings is 2. The number of ether oxygens (including phenoxy) is 1. The number of rotatable bonds is 4. The van der Waals surface area contributed by atoms with Crippen molar-refractivity contribution in [3.63, 3.8) is 0 Å². The Balaban J connectivity index is 1.60. The summed E-state index contributed by atoms with van der Waals surface area (Å²) < 4.78 is 5.23. The predicted octanol–water partition coefficient (Wildman–Crippen LogP) is 2.75. The van der Waals surface area contributed by atoms with Crippen molar-refractivity contribution < 1.29 is 44.3 Å². The topological polar surface area (TPSA) is 200 Å². The van der Waals surface area contributed by atoms with E-state index in [4.69, 9.17) is 22.1 Å². The van der Waals surface area contributed by atoms with Gasteiger partial charge in [0, 0.05) is 42.7 Å². The summed E-state index contributed by atoms with van der Waals surface area (Å²) in [4.78, 5) is 52.4. The Morgan fingerprint density at radius 1 is 1.12 bits per heavy atom. The van der Waals surface area contributed by atoms with E-state index in [1.54, 1.807) is 19.0 Å². The molecule has 0 saturated heterocycles. The van der Waals surface area contributed by atoms with Crippen LogP contribution in [-0.4, -0.2) is 63.7 Å². The number of nitrogens with two attached hydrogens (primary N) is 1. The van der Waals surface area contributed by atoms with Crippen molar-refractivity contribution in [1.82, 2.24) is 0 Å². The van der Waals surface area contributed by atoms with Gasteiger partial charge in [0.1, 0.15) is 22.8 Å². The zero-order chi connectivity index (χ0) is 30.0. The van der Waals surface area contributed by atoms with Gasteiger partial charge < -0.3 is 35.8 Å². The standard InChI is InChI=1S/C28H26ClN3O9/c1-32(2)17-10-16(31-27(39)41-14-5-3-13(29)4-6-14)22(34)20-15(17)8-11-7-12-9-18(33)21(26(30)38)25(37)28(12,40)24(36)19(11)23(20)35/h3-6,10-12,34-35,37,40H,7-9H2,1-2H3,(H2,30,38)(H,31,39). The Morgan fingerprint density at radius 3 is 2.39 bits per heavy atom. The van der Waals surface area contributed by atoms with Crippen LogP contribution in [-0.2, 0) is 20.8 Å². The second-order valence-corrected chi connectivity index (χ2v) is 10.9. The lowest BCUT2D eigenvalue weighted by Gasteiger charge is -2.46. The van der Waals surface area contributed by atoms with Crippen LogP contribution in [0.4, 0.5) is 16.2 Å². The number of halogens is 1. The van der Waals surface area contributed by atoms with Crippen LogP contribution < -0.4 is 20.7 Å². The molecular formula is C28H26ClN3O9. The summed E-state index contributed by atoms with van der Waals surface area (Å²) in [7, 11) is 3.41. The number of amides is 2. The second-order valence-electron chi connectivity index (χ2n) is 10.4. The number of aliphatic hydroxyl groups is 3. The van der Waals surface area contributed by atoms with Gasteiger partial charge in [-0.05, 0) is 54.7 Å². The van der Waals surface area contributed by atoms with Crippen LogP contribution in [0.5, 0.6) is 11.5 Å². The number of primary amides is 1.